The maximum Gasteiger partial charge on any atom is 0.321 e. The lowest BCUT2D eigenvalue weighted by molar-refractivity contribution is -0.135. The highest BCUT2D eigenvalue weighted by Crippen LogP contribution is 2.24. The third-order valence-corrected chi connectivity index (χ3v) is 8.61. The first-order valence-electron chi connectivity index (χ1n) is 12.1. The van der Waals surface area contributed by atoms with Crippen molar-refractivity contribution in [1.82, 2.24) is 14.5 Å². The molecule has 0 aromatic heterocycles. The Labute approximate surface area is 219 Å². The van der Waals surface area contributed by atoms with E-state index in [-0.39, 0.29) is 22.8 Å². The molecule has 2 aromatic carbocycles. The Balaban J connectivity index is 1.69. The molecular weight excluding hydrogens is 500 g/mol. The zero-order chi connectivity index (χ0) is 26.6. The number of rotatable bonds is 7. The molecule has 196 valence electrons. The van der Waals surface area contributed by atoms with Gasteiger partial charge in [-0.25, -0.2) is 13.2 Å². The number of benzene rings is 2. The topological polar surface area (TPSA) is 98.8 Å². The average molecular weight is 535 g/mol. The molecule has 2 unspecified atom stereocenters. The van der Waals surface area contributed by atoms with Gasteiger partial charge in [0.05, 0.1) is 4.90 Å². The summed E-state index contributed by atoms with van der Waals surface area (Å²) in [6.07, 6.45) is 0.633. The van der Waals surface area contributed by atoms with E-state index in [0.29, 0.717) is 54.4 Å². The van der Waals surface area contributed by atoms with Crippen molar-refractivity contribution >= 4 is 39.2 Å². The molecule has 10 heteroatoms. The van der Waals surface area contributed by atoms with Crippen molar-refractivity contribution in [1.29, 1.82) is 0 Å². The normalized spacial score (nSPS) is 15.9. The molecule has 2 atom stereocenters. The van der Waals surface area contributed by atoms with Crippen LogP contribution in [0.2, 0.25) is 5.02 Å². The second kappa shape index (κ2) is 11.6. The third kappa shape index (κ3) is 6.57. The number of nitrogens with zero attached hydrogens (tertiary/aromatic N) is 2. The van der Waals surface area contributed by atoms with Crippen LogP contribution < -0.4 is 10.0 Å². The van der Waals surface area contributed by atoms with Crippen molar-refractivity contribution in [2.45, 2.75) is 52.0 Å². The van der Waals surface area contributed by atoms with Gasteiger partial charge in [-0.3, -0.25) is 4.79 Å². The van der Waals surface area contributed by atoms with Crippen LogP contribution in [-0.2, 0) is 14.8 Å². The lowest BCUT2D eigenvalue weighted by Crippen LogP contribution is -2.57. The fourth-order valence-electron chi connectivity index (χ4n) is 4.52. The summed E-state index contributed by atoms with van der Waals surface area (Å²) in [6.45, 7) is 10.6. The fraction of sp³-hybridized carbons (Fsp3) is 0.462. The monoisotopic (exact) mass is 534 g/mol. The zero-order valence-electron chi connectivity index (χ0n) is 21.5. The van der Waals surface area contributed by atoms with Gasteiger partial charge < -0.3 is 15.1 Å². The van der Waals surface area contributed by atoms with E-state index >= 15 is 0 Å². The van der Waals surface area contributed by atoms with Gasteiger partial charge in [0.15, 0.2) is 0 Å². The first kappa shape index (κ1) is 28.0. The van der Waals surface area contributed by atoms with Crippen LogP contribution in [-0.4, -0.2) is 62.4 Å². The van der Waals surface area contributed by atoms with Crippen LogP contribution in [0, 0.1) is 26.7 Å². The van der Waals surface area contributed by atoms with Crippen molar-refractivity contribution in [3.05, 3.63) is 58.1 Å². The Hall–Kier alpha value is -2.62. The first-order valence-corrected chi connectivity index (χ1v) is 14.0. The van der Waals surface area contributed by atoms with E-state index in [2.05, 4.69) is 10.0 Å². The second-order valence-electron chi connectivity index (χ2n) is 9.46. The van der Waals surface area contributed by atoms with Crippen molar-refractivity contribution in [3.63, 3.8) is 0 Å². The number of piperazine rings is 1. The SMILES string of the molecule is CCC(C)C(NS(=O)(=O)c1c(C)cc(C)cc1C)C(=O)N1CCN(C(=O)Nc2ccc(Cl)cc2)CC1. The molecule has 0 aliphatic carbocycles. The smallest absolute Gasteiger partial charge is 0.321 e. The molecule has 3 rings (SSSR count). The minimum absolute atomic E-state index is 0.204. The summed E-state index contributed by atoms with van der Waals surface area (Å²) in [7, 11) is -3.92. The van der Waals surface area contributed by atoms with Crippen LogP contribution in [0.1, 0.15) is 37.0 Å². The average Bonchev–Trinajstić information content (AvgIpc) is 2.82. The molecule has 1 aliphatic heterocycles. The summed E-state index contributed by atoms with van der Waals surface area (Å²) in [5.41, 5.74) is 2.92. The highest BCUT2D eigenvalue weighted by Gasteiger charge is 2.35. The van der Waals surface area contributed by atoms with Crippen LogP contribution >= 0.6 is 11.6 Å². The number of nitrogens with one attached hydrogen (secondary N) is 2. The van der Waals surface area contributed by atoms with Gasteiger partial charge in [-0.15, -0.1) is 0 Å². The van der Waals surface area contributed by atoms with Gasteiger partial charge in [-0.05, 0) is 62.1 Å². The van der Waals surface area contributed by atoms with Gasteiger partial charge >= 0.3 is 6.03 Å². The predicted octanol–water partition coefficient (Wildman–Crippen LogP) is 4.33. The molecule has 1 fully saturated rings. The van der Waals surface area contributed by atoms with Crippen LogP contribution in [0.5, 0.6) is 0 Å². The Morgan fingerprint density at radius 3 is 2.03 bits per heavy atom. The van der Waals surface area contributed by atoms with Gasteiger partial charge in [0, 0.05) is 36.9 Å². The van der Waals surface area contributed by atoms with E-state index in [1.165, 1.54) is 0 Å². The maximum absolute atomic E-state index is 13.5. The van der Waals surface area contributed by atoms with E-state index < -0.39 is 16.1 Å². The highest BCUT2D eigenvalue weighted by atomic mass is 35.5. The number of hydrogen-bond donors (Lipinski definition) is 2. The first-order chi connectivity index (χ1) is 16.9. The van der Waals surface area contributed by atoms with E-state index in [9.17, 15) is 18.0 Å². The molecule has 0 radical (unpaired) electrons. The molecule has 2 aromatic rings. The van der Waals surface area contributed by atoms with Gasteiger partial charge in [0.1, 0.15) is 6.04 Å². The molecule has 0 spiro atoms. The van der Waals surface area contributed by atoms with Gasteiger partial charge in [-0.2, -0.15) is 4.72 Å². The second-order valence-corrected chi connectivity index (χ2v) is 11.5. The summed E-state index contributed by atoms with van der Waals surface area (Å²) in [5, 5.41) is 3.41. The fourth-order valence-corrected chi connectivity index (χ4v) is 6.40. The summed E-state index contributed by atoms with van der Waals surface area (Å²) >= 11 is 5.89. The van der Waals surface area contributed by atoms with E-state index in [1.807, 2.05) is 32.9 Å². The number of halogens is 1. The number of amides is 3. The Bertz CT molecular complexity index is 1190. The minimum atomic E-state index is -3.92. The summed E-state index contributed by atoms with van der Waals surface area (Å²) in [4.78, 5) is 29.6. The molecule has 1 saturated heterocycles. The minimum Gasteiger partial charge on any atom is -0.338 e. The quantitative estimate of drug-likeness (QED) is 0.552. The van der Waals surface area contributed by atoms with E-state index in [1.54, 1.807) is 47.9 Å². The maximum atomic E-state index is 13.5. The van der Waals surface area contributed by atoms with E-state index in [4.69, 9.17) is 11.6 Å². The molecule has 1 heterocycles. The van der Waals surface area contributed by atoms with Gasteiger partial charge in [-0.1, -0.05) is 49.6 Å². The Morgan fingerprint density at radius 2 is 1.50 bits per heavy atom. The van der Waals surface area contributed by atoms with Gasteiger partial charge in [0.25, 0.3) is 0 Å². The number of carbonyl (C=O) groups excluding carboxylic acids is 2. The van der Waals surface area contributed by atoms with Crippen molar-refractivity contribution in [2.75, 3.05) is 31.5 Å². The van der Waals surface area contributed by atoms with Crippen LogP contribution in [0.4, 0.5) is 10.5 Å². The lowest BCUT2D eigenvalue weighted by Gasteiger charge is -2.37. The van der Waals surface area contributed by atoms with Crippen LogP contribution in [0.25, 0.3) is 0 Å². The lowest BCUT2D eigenvalue weighted by atomic mass is 9.98. The summed E-state index contributed by atoms with van der Waals surface area (Å²) < 4.78 is 29.5. The number of anilines is 1. The third-order valence-electron chi connectivity index (χ3n) is 6.61. The molecule has 36 heavy (non-hydrogen) atoms. The van der Waals surface area contributed by atoms with Crippen molar-refractivity contribution in [2.24, 2.45) is 5.92 Å². The van der Waals surface area contributed by atoms with Crippen molar-refractivity contribution < 1.29 is 18.0 Å². The molecule has 8 nitrogen and oxygen atoms in total. The molecular formula is C26H35ClN4O4S. The Morgan fingerprint density at radius 1 is 0.972 bits per heavy atom. The molecule has 1 aliphatic rings. The number of carbonyl (C=O) groups is 2. The number of aryl methyl sites for hydroxylation is 3. The van der Waals surface area contributed by atoms with Crippen LogP contribution in [0.15, 0.2) is 41.3 Å². The number of sulfonamides is 1. The standard InChI is InChI=1S/C26H35ClN4O4S/c1-6-18(3)23(29-36(34,35)24-19(4)15-17(2)16-20(24)5)25(32)30-11-13-31(14-12-30)26(33)28-22-9-7-21(27)8-10-22/h7-10,15-16,18,23,29H,6,11-14H2,1-5H3,(H,28,33). The predicted molar refractivity (Wildman–Crippen MR) is 143 cm³/mol. The molecule has 3 amide bonds. The Kier molecular flexibility index (Phi) is 9.03. The highest BCUT2D eigenvalue weighted by molar-refractivity contribution is 7.89. The van der Waals surface area contributed by atoms with Gasteiger partial charge in [0.2, 0.25) is 15.9 Å². The number of hydrogen-bond acceptors (Lipinski definition) is 4. The summed E-state index contributed by atoms with van der Waals surface area (Å²) in [6, 6.07) is 9.35. The molecule has 2 N–H and O–H groups in total. The largest absolute Gasteiger partial charge is 0.338 e. The molecule has 0 saturated carbocycles. The van der Waals surface area contributed by atoms with E-state index in [0.717, 1.165) is 5.56 Å². The number of urea groups is 1. The zero-order valence-corrected chi connectivity index (χ0v) is 23.0. The van der Waals surface area contributed by atoms with Crippen molar-refractivity contribution in [3.8, 4) is 0 Å². The molecule has 0 bridgehead atoms. The summed E-state index contributed by atoms with van der Waals surface area (Å²) in [5.74, 6) is -0.474. The van der Waals surface area contributed by atoms with Crippen LogP contribution in [0.3, 0.4) is 0 Å².